The normalized spacial score (nSPS) is 11.6. The van der Waals surface area contributed by atoms with E-state index in [2.05, 4.69) is 20.8 Å². The summed E-state index contributed by atoms with van der Waals surface area (Å²) in [5.74, 6) is 0.774. The number of methoxy groups -OCH3 is 1. The third-order valence-corrected chi connectivity index (χ3v) is 2.70. The highest BCUT2D eigenvalue weighted by Gasteiger charge is 2.20. The van der Waals surface area contributed by atoms with Crippen LogP contribution in [0.25, 0.3) is 0 Å². The highest BCUT2D eigenvalue weighted by molar-refractivity contribution is 6.31. The Morgan fingerprint density at radius 3 is 2.33 bits per heavy atom. The van der Waals surface area contributed by atoms with Crippen LogP contribution in [0, 0.1) is 0 Å². The van der Waals surface area contributed by atoms with E-state index in [1.165, 1.54) is 0 Å². The van der Waals surface area contributed by atoms with Crippen molar-refractivity contribution in [1.29, 1.82) is 0 Å². The van der Waals surface area contributed by atoms with Crippen LogP contribution < -0.4 is 4.74 Å². The summed E-state index contributed by atoms with van der Waals surface area (Å²) >= 11 is 6.05. The van der Waals surface area contributed by atoms with Crippen LogP contribution in [0.1, 0.15) is 31.9 Å². The maximum atomic E-state index is 9.09. The molecule has 84 valence electrons. The predicted octanol–water partition coefficient (Wildman–Crippen LogP) is 3.14. The van der Waals surface area contributed by atoms with Crippen LogP contribution in [0.15, 0.2) is 12.1 Å². The van der Waals surface area contributed by atoms with E-state index >= 15 is 0 Å². The van der Waals surface area contributed by atoms with E-state index in [1.807, 2.05) is 6.07 Å². The highest BCUT2D eigenvalue weighted by atomic mass is 35.5. The molecule has 0 atom stereocenters. The van der Waals surface area contributed by atoms with Gasteiger partial charge in [0, 0.05) is 10.6 Å². The first-order chi connectivity index (χ1) is 6.90. The molecule has 0 aliphatic heterocycles. The average Bonchev–Trinajstić information content (AvgIpc) is 2.16. The van der Waals surface area contributed by atoms with Gasteiger partial charge in [-0.1, -0.05) is 32.4 Å². The molecule has 0 bridgehead atoms. The van der Waals surface area contributed by atoms with E-state index in [9.17, 15) is 0 Å². The van der Waals surface area contributed by atoms with E-state index in [-0.39, 0.29) is 12.0 Å². The van der Waals surface area contributed by atoms with Gasteiger partial charge in [-0.15, -0.1) is 0 Å². The van der Waals surface area contributed by atoms with E-state index in [0.717, 1.165) is 11.3 Å². The molecule has 0 radical (unpaired) electrons. The van der Waals surface area contributed by atoms with Crippen LogP contribution in [-0.4, -0.2) is 12.2 Å². The van der Waals surface area contributed by atoms with Gasteiger partial charge in [0.25, 0.3) is 0 Å². The molecule has 0 amide bonds. The minimum atomic E-state index is -0.0698. The molecule has 0 fully saturated rings. The van der Waals surface area contributed by atoms with Gasteiger partial charge in [-0.3, -0.25) is 0 Å². The first-order valence-corrected chi connectivity index (χ1v) is 5.25. The van der Waals surface area contributed by atoms with Crippen LogP contribution in [0.4, 0.5) is 0 Å². The molecule has 1 N–H and O–H groups in total. The van der Waals surface area contributed by atoms with Crippen molar-refractivity contribution in [3.05, 3.63) is 28.3 Å². The van der Waals surface area contributed by atoms with Gasteiger partial charge in [0.15, 0.2) is 0 Å². The lowest BCUT2D eigenvalue weighted by molar-refractivity contribution is 0.281. The van der Waals surface area contributed by atoms with Crippen molar-refractivity contribution in [1.82, 2.24) is 0 Å². The molecular weight excluding hydrogens is 212 g/mol. The maximum Gasteiger partial charge on any atom is 0.123 e. The Kier molecular flexibility index (Phi) is 3.63. The smallest absolute Gasteiger partial charge is 0.123 e. The van der Waals surface area contributed by atoms with Crippen molar-refractivity contribution in [2.24, 2.45) is 0 Å². The van der Waals surface area contributed by atoms with Crippen molar-refractivity contribution in [2.45, 2.75) is 32.8 Å². The van der Waals surface area contributed by atoms with E-state index in [0.29, 0.717) is 10.6 Å². The Hall–Kier alpha value is -0.730. The number of benzene rings is 1. The Labute approximate surface area is 95.8 Å². The molecule has 0 aliphatic rings. The maximum absolute atomic E-state index is 9.09. The first kappa shape index (κ1) is 12.3. The summed E-state index contributed by atoms with van der Waals surface area (Å²) < 4.78 is 5.30. The summed E-state index contributed by atoms with van der Waals surface area (Å²) in [6.45, 7) is 6.22. The number of rotatable bonds is 2. The molecule has 0 unspecified atom stereocenters. The van der Waals surface area contributed by atoms with Crippen LogP contribution in [0.2, 0.25) is 5.02 Å². The van der Waals surface area contributed by atoms with Crippen LogP contribution >= 0.6 is 11.6 Å². The van der Waals surface area contributed by atoms with Crippen molar-refractivity contribution >= 4 is 11.6 Å². The molecular formula is C12H17ClO2. The van der Waals surface area contributed by atoms with Crippen molar-refractivity contribution in [3.63, 3.8) is 0 Å². The van der Waals surface area contributed by atoms with Crippen LogP contribution in [0.3, 0.4) is 0 Å². The Morgan fingerprint density at radius 2 is 1.93 bits per heavy atom. The second kappa shape index (κ2) is 4.42. The molecule has 0 aliphatic carbocycles. The van der Waals surface area contributed by atoms with Gasteiger partial charge in [0.2, 0.25) is 0 Å². The second-order valence-electron chi connectivity index (χ2n) is 4.55. The summed E-state index contributed by atoms with van der Waals surface area (Å²) in [5, 5.41) is 9.68. The first-order valence-electron chi connectivity index (χ1n) is 4.88. The van der Waals surface area contributed by atoms with Crippen LogP contribution in [-0.2, 0) is 12.0 Å². The Bertz CT molecular complexity index is 353. The summed E-state index contributed by atoms with van der Waals surface area (Å²) in [5.41, 5.74) is 1.72. The lowest BCUT2D eigenvalue weighted by Crippen LogP contribution is -2.13. The standard InChI is InChI=1S/C12H17ClO2/c1-12(2,3)9-6-10(13)8(7-14)5-11(9)15-4/h5-6,14H,7H2,1-4H3. The zero-order valence-electron chi connectivity index (χ0n) is 9.60. The van der Waals surface area contributed by atoms with Gasteiger partial charge in [-0.2, -0.15) is 0 Å². The fourth-order valence-corrected chi connectivity index (χ4v) is 1.70. The molecule has 1 rings (SSSR count). The summed E-state index contributed by atoms with van der Waals surface area (Å²) in [7, 11) is 1.62. The molecule has 0 aromatic heterocycles. The zero-order valence-corrected chi connectivity index (χ0v) is 10.4. The van der Waals surface area contributed by atoms with Crippen LogP contribution in [0.5, 0.6) is 5.75 Å². The number of hydrogen-bond acceptors (Lipinski definition) is 2. The minimum Gasteiger partial charge on any atom is -0.496 e. The van der Waals surface area contributed by atoms with E-state index < -0.39 is 0 Å². The zero-order chi connectivity index (χ0) is 11.6. The molecule has 15 heavy (non-hydrogen) atoms. The van der Waals surface area contributed by atoms with Gasteiger partial charge in [0.05, 0.1) is 13.7 Å². The number of halogens is 1. The minimum absolute atomic E-state index is 0.0248. The highest BCUT2D eigenvalue weighted by Crippen LogP contribution is 2.35. The van der Waals surface area contributed by atoms with Crippen molar-refractivity contribution < 1.29 is 9.84 Å². The number of aliphatic hydroxyl groups excluding tert-OH is 1. The molecule has 0 spiro atoms. The van der Waals surface area contributed by atoms with Crippen molar-refractivity contribution in [2.75, 3.05) is 7.11 Å². The third-order valence-electron chi connectivity index (χ3n) is 2.35. The quantitative estimate of drug-likeness (QED) is 0.843. The molecule has 1 aromatic carbocycles. The molecule has 3 heteroatoms. The van der Waals surface area contributed by atoms with Gasteiger partial charge in [-0.05, 0) is 23.1 Å². The third kappa shape index (κ3) is 2.64. The predicted molar refractivity (Wildman–Crippen MR) is 62.6 cm³/mol. The second-order valence-corrected chi connectivity index (χ2v) is 4.96. The average molecular weight is 229 g/mol. The lowest BCUT2D eigenvalue weighted by atomic mass is 9.86. The SMILES string of the molecule is COc1cc(CO)c(Cl)cc1C(C)(C)C. The van der Waals surface area contributed by atoms with Crippen molar-refractivity contribution in [3.8, 4) is 5.75 Å². The Morgan fingerprint density at radius 1 is 1.33 bits per heavy atom. The molecule has 0 saturated heterocycles. The summed E-state index contributed by atoms with van der Waals surface area (Å²) in [4.78, 5) is 0. The Balaban J connectivity index is 3.34. The summed E-state index contributed by atoms with van der Waals surface area (Å²) in [6, 6.07) is 3.66. The number of aliphatic hydroxyl groups is 1. The molecule has 2 nitrogen and oxygen atoms in total. The van der Waals surface area contributed by atoms with E-state index in [1.54, 1.807) is 13.2 Å². The number of hydrogen-bond donors (Lipinski definition) is 1. The van der Waals surface area contributed by atoms with Gasteiger partial charge in [-0.25, -0.2) is 0 Å². The fraction of sp³-hybridized carbons (Fsp3) is 0.500. The van der Waals surface area contributed by atoms with Gasteiger partial charge < -0.3 is 9.84 Å². The van der Waals surface area contributed by atoms with E-state index in [4.69, 9.17) is 21.4 Å². The molecule has 1 aromatic rings. The van der Waals surface area contributed by atoms with Gasteiger partial charge in [0.1, 0.15) is 5.75 Å². The van der Waals surface area contributed by atoms with Gasteiger partial charge >= 0.3 is 0 Å². The monoisotopic (exact) mass is 228 g/mol. The molecule has 0 heterocycles. The lowest BCUT2D eigenvalue weighted by Gasteiger charge is -2.23. The fourth-order valence-electron chi connectivity index (χ4n) is 1.47. The topological polar surface area (TPSA) is 29.5 Å². The number of ether oxygens (including phenoxy) is 1. The molecule has 0 saturated carbocycles. The largest absolute Gasteiger partial charge is 0.496 e. The summed E-state index contributed by atoms with van der Waals surface area (Å²) in [6.07, 6.45) is 0.